The van der Waals surface area contributed by atoms with Crippen LogP contribution in [0.15, 0.2) is 18.2 Å². The number of nitrogens with zero attached hydrogens (tertiary/aromatic N) is 1. The van der Waals surface area contributed by atoms with Gasteiger partial charge in [-0.15, -0.1) is 11.3 Å². The van der Waals surface area contributed by atoms with E-state index in [1.807, 2.05) is 19.1 Å². The first kappa shape index (κ1) is 16.0. The SMILES string of the molecule is CCCc1nc(C)c(C(=O)NC2CCCc3cc(N)ccc32)s1. The molecule has 1 amide bonds. The molecule has 0 spiro atoms. The minimum atomic E-state index is -0.00275. The molecule has 0 saturated heterocycles. The Morgan fingerprint density at radius 1 is 1.48 bits per heavy atom. The van der Waals surface area contributed by atoms with E-state index in [4.69, 9.17) is 5.73 Å². The first-order valence-electron chi connectivity index (χ1n) is 8.24. The van der Waals surface area contributed by atoms with Crippen LogP contribution in [0.5, 0.6) is 0 Å². The van der Waals surface area contributed by atoms with E-state index in [1.54, 1.807) is 0 Å². The Hall–Kier alpha value is -1.88. The highest BCUT2D eigenvalue weighted by Crippen LogP contribution is 2.31. The molecule has 0 radical (unpaired) electrons. The quantitative estimate of drug-likeness (QED) is 0.839. The van der Waals surface area contributed by atoms with Crippen molar-refractivity contribution in [1.29, 1.82) is 0 Å². The van der Waals surface area contributed by atoms with E-state index in [-0.39, 0.29) is 11.9 Å². The van der Waals surface area contributed by atoms with Crippen LogP contribution in [-0.2, 0) is 12.8 Å². The molecule has 3 N–H and O–H groups in total. The predicted molar refractivity (Wildman–Crippen MR) is 94.8 cm³/mol. The van der Waals surface area contributed by atoms with Gasteiger partial charge in [0.05, 0.1) is 16.7 Å². The summed E-state index contributed by atoms with van der Waals surface area (Å²) in [5.74, 6) is -0.00275. The second kappa shape index (κ2) is 6.71. The Balaban J connectivity index is 1.79. The van der Waals surface area contributed by atoms with Crippen molar-refractivity contribution in [2.75, 3.05) is 5.73 Å². The highest BCUT2D eigenvalue weighted by Gasteiger charge is 2.24. The molecule has 4 nitrogen and oxygen atoms in total. The highest BCUT2D eigenvalue weighted by molar-refractivity contribution is 7.13. The Morgan fingerprint density at radius 2 is 2.30 bits per heavy atom. The highest BCUT2D eigenvalue weighted by atomic mass is 32.1. The van der Waals surface area contributed by atoms with Gasteiger partial charge in [-0.1, -0.05) is 13.0 Å². The second-order valence-electron chi connectivity index (χ2n) is 6.15. The van der Waals surface area contributed by atoms with Crippen molar-refractivity contribution >= 4 is 22.9 Å². The van der Waals surface area contributed by atoms with Crippen molar-refractivity contribution in [3.05, 3.63) is 44.9 Å². The molecule has 0 bridgehead atoms. The van der Waals surface area contributed by atoms with Crippen molar-refractivity contribution < 1.29 is 4.79 Å². The Kier molecular flexibility index (Phi) is 4.66. The van der Waals surface area contributed by atoms with Gasteiger partial charge < -0.3 is 11.1 Å². The molecule has 1 atom stereocenters. The van der Waals surface area contributed by atoms with Gasteiger partial charge in [-0.25, -0.2) is 4.98 Å². The van der Waals surface area contributed by atoms with E-state index < -0.39 is 0 Å². The summed E-state index contributed by atoms with van der Waals surface area (Å²) < 4.78 is 0. The van der Waals surface area contributed by atoms with E-state index >= 15 is 0 Å². The zero-order chi connectivity index (χ0) is 16.4. The van der Waals surface area contributed by atoms with Gasteiger partial charge >= 0.3 is 0 Å². The van der Waals surface area contributed by atoms with Gasteiger partial charge in [0.25, 0.3) is 5.91 Å². The van der Waals surface area contributed by atoms with Crippen molar-refractivity contribution in [1.82, 2.24) is 10.3 Å². The number of hydrogen-bond acceptors (Lipinski definition) is 4. The van der Waals surface area contributed by atoms with Crippen molar-refractivity contribution in [2.24, 2.45) is 0 Å². The lowest BCUT2D eigenvalue weighted by atomic mass is 9.87. The Morgan fingerprint density at radius 3 is 3.09 bits per heavy atom. The standard InChI is InChI=1S/C18H23N3OS/c1-3-5-16-20-11(2)17(23-16)18(22)21-15-7-4-6-12-10-13(19)8-9-14(12)15/h8-10,15H,3-7,19H2,1-2H3,(H,21,22). The summed E-state index contributed by atoms with van der Waals surface area (Å²) in [6.45, 7) is 4.04. The number of nitrogens with two attached hydrogens (primary N) is 1. The van der Waals surface area contributed by atoms with Gasteiger partial charge in [-0.3, -0.25) is 4.79 Å². The summed E-state index contributed by atoms with van der Waals surface area (Å²) in [6, 6.07) is 6.07. The number of nitrogen functional groups attached to an aromatic ring is 1. The van der Waals surface area contributed by atoms with Crippen molar-refractivity contribution in [2.45, 2.75) is 52.0 Å². The van der Waals surface area contributed by atoms with Gasteiger partial charge in [0.15, 0.2) is 0 Å². The third-order valence-corrected chi connectivity index (χ3v) is 5.51. The first-order valence-corrected chi connectivity index (χ1v) is 9.05. The maximum absolute atomic E-state index is 12.7. The molecule has 0 saturated carbocycles. The number of nitrogens with one attached hydrogen (secondary N) is 1. The number of carbonyl (C=O) groups is 1. The molecule has 0 fully saturated rings. The average molecular weight is 329 g/mol. The third kappa shape index (κ3) is 3.39. The lowest BCUT2D eigenvalue weighted by Gasteiger charge is -2.26. The number of amides is 1. The van der Waals surface area contributed by atoms with Gasteiger partial charge in [-0.05, 0) is 62.3 Å². The predicted octanol–water partition coefficient (Wildman–Crippen LogP) is 3.79. The fourth-order valence-electron chi connectivity index (χ4n) is 3.19. The maximum atomic E-state index is 12.7. The van der Waals surface area contributed by atoms with Gasteiger partial charge in [0.1, 0.15) is 4.88 Å². The van der Waals surface area contributed by atoms with Crippen molar-refractivity contribution in [3.63, 3.8) is 0 Å². The summed E-state index contributed by atoms with van der Waals surface area (Å²) in [6.07, 6.45) is 5.06. The lowest BCUT2D eigenvalue weighted by Crippen LogP contribution is -2.30. The van der Waals surface area contributed by atoms with Crippen LogP contribution in [0.4, 0.5) is 5.69 Å². The Bertz CT molecular complexity index is 723. The monoisotopic (exact) mass is 329 g/mol. The second-order valence-corrected chi connectivity index (χ2v) is 7.23. The topological polar surface area (TPSA) is 68.0 Å². The molecule has 1 aromatic heterocycles. The van der Waals surface area contributed by atoms with Crippen LogP contribution in [0, 0.1) is 6.92 Å². The number of fused-ring (bicyclic) bond motifs is 1. The normalized spacial score (nSPS) is 16.9. The number of hydrogen-bond donors (Lipinski definition) is 2. The van der Waals surface area contributed by atoms with Gasteiger partial charge in [-0.2, -0.15) is 0 Å². The number of thiazole rings is 1. The van der Waals surface area contributed by atoms with Gasteiger partial charge in [0, 0.05) is 5.69 Å². The molecule has 1 aromatic carbocycles. The summed E-state index contributed by atoms with van der Waals surface area (Å²) in [4.78, 5) is 17.9. The van der Waals surface area contributed by atoms with E-state index in [1.165, 1.54) is 22.5 Å². The van der Waals surface area contributed by atoms with Crippen LogP contribution >= 0.6 is 11.3 Å². The summed E-state index contributed by atoms with van der Waals surface area (Å²) in [7, 11) is 0. The number of rotatable bonds is 4. The maximum Gasteiger partial charge on any atom is 0.263 e. The fraction of sp³-hybridized carbons (Fsp3) is 0.444. The number of aromatic nitrogens is 1. The van der Waals surface area contributed by atoms with Crippen LogP contribution < -0.4 is 11.1 Å². The van der Waals surface area contributed by atoms with Crippen LogP contribution in [0.25, 0.3) is 0 Å². The molecule has 1 aliphatic carbocycles. The largest absolute Gasteiger partial charge is 0.399 e. The molecule has 5 heteroatoms. The van der Waals surface area contributed by atoms with Crippen LogP contribution in [0.3, 0.4) is 0 Å². The van der Waals surface area contributed by atoms with Crippen LogP contribution in [0.2, 0.25) is 0 Å². The fourth-order valence-corrected chi connectivity index (χ4v) is 4.26. The zero-order valence-corrected chi connectivity index (χ0v) is 14.5. The van der Waals surface area contributed by atoms with Crippen molar-refractivity contribution in [3.8, 4) is 0 Å². The number of anilines is 1. The van der Waals surface area contributed by atoms with E-state index in [0.717, 1.165) is 53.4 Å². The molecule has 23 heavy (non-hydrogen) atoms. The molecule has 122 valence electrons. The Labute approximate surface area is 141 Å². The minimum absolute atomic E-state index is 0.00275. The van der Waals surface area contributed by atoms with Crippen LogP contribution in [-0.4, -0.2) is 10.9 Å². The molecule has 0 aliphatic heterocycles. The number of carbonyl (C=O) groups excluding carboxylic acids is 1. The molecular formula is C18H23N3OS. The molecular weight excluding hydrogens is 306 g/mol. The lowest BCUT2D eigenvalue weighted by molar-refractivity contribution is 0.0936. The van der Waals surface area contributed by atoms with E-state index in [0.29, 0.717) is 0 Å². The average Bonchev–Trinajstić information content (AvgIpc) is 2.88. The number of benzene rings is 1. The third-order valence-electron chi connectivity index (χ3n) is 4.30. The number of aryl methyl sites for hydroxylation is 3. The molecule has 3 rings (SSSR count). The smallest absolute Gasteiger partial charge is 0.263 e. The molecule has 1 unspecified atom stereocenters. The van der Waals surface area contributed by atoms with E-state index in [2.05, 4.69) is 23.3 Å². The molecule has 2 aromatic rings. The van der Waals surface area contributed by atoms with Gasteiger partial charge in [0.2, 0.25) is 0 Å². The molecule has 1 aliphatic rings. The summed E-state index contributed by atoms with van der Waals surface area (Å²) in [5, 5.41) is 4.25. The zero-order valence-electron chi connectivity index (χ0n) is 13.7. The van der Waals surface area contributed by atoms with E-state index in [9.17, 15) is 4.79 Å². The van der Waals surface area contributed by atoms with Crippen LogP contribution in [0.1, 0.15) is 63.7 Å². The summed E-state index contributed by atoms with van der Waals surface area (Å²) >= 11 is 1.52. The first-order chi connectivity index (χ1) is 11.1. The molecule has 1 heterocycles. The minimum Gasteiger partial charge on any atom is -0.399 e. The summed E-state index contributed by atoms with van der Waals surface area (Å²) in [5.41, 5.74) is 9.97.